The second kappa shape index (κ2) is 6.11. The molecular weight excluding hydrogens is 190 g/mol. The molecule has 1 N–H and O–H groups in total. The SMILES string of the molecule is CCOC(=O)C(CC)NC(C)CC1CC1. The summed E-state index contributed by atoms with van der Waals surface area (Å²) in [5.74, 6) is 0.787. The predicted molar refractivity (Wildman–Crippen MR) is 60.7 cm³/mol. The van der Waals surface area contributed by atoms with Crippen LogP contribution in [-0.4, -0.2) is 24.7 Å². The summed E-state index contributed by atoms with van der Waals surface area (Å²) in [6, 6.07) is 0.297. The van der Waals surface area contributed by atoms with Crippen LogP contribution < -0.4 is 5.32 Å². The molecule has 0 aromatic heterocycles. The molecule has 3 nitrogen and oxygen atoms in total. The van der Waals surface area contributed by atoms with Crippen LogP contribution >= 0.6 is 0 Å². The van der Waals surface area contributed by atoms with Gasteiger partial charge in [0, 0.05) is 6.04 Å². The zero-order valence-electron chi connectivity index (χ0n) is 10.1. The lowest BCUT2D eigenvalue weighted by atomic mass is 10.1. The van der Waals surface area contributed by atoms with E-state index in [9.17, 15) is 4.79 Å². The van der Waals surface area contributed by atoms with Crippen molar-refractivity contribution in [2.45, 2.75) is 58.5 Å². The minimum absolute atomic E-state index is 0.109. The summed E-state index contributed by atoms with van der Waals surface area (Å²) in [7, 11) is 0. The van der Waals surface area contributed by atoms with Gasteiger partial charge >= 0.3 is 5.97 Å². The van der Waals surface area contributed by atoms with Crippen LogP contribution in [0.5, 0.6) is 0 Å². The maximum absolute atomic E-state index is 11.5. The van der Waals surface area contributed by atoms with Gasteiger partial charge in [0.2, 0.25) is 0 Å². The molecule has 0 aliphatic heterocycles. The smallest absolute Gasteiger partial charge is 0.323 e. The molecule has 2 unspecified atom stereocenters. The van der Waals surface area contributed by atoms with E-state index in [4.69, 9.17) is 4.74 Å². The van der Waals surface area contributed by atoms with Gasteiger partial charge in [-0.1, -0.05) is 19.8 Å². The molecule has 1 aliphatic rings. The minimum atomic E-state index is -0.126. The molecule has 3 heteroatoms. The Labute approximate surface area is 92.6 Å². The van der Waals surface area contributed by atoms with E-state index in [-0.39, 0.29) is 12.0 Å². The summed E-state index contributed by atoms with van der Waals surface area (Å²) < 4.78 is 5.01. The lowest BCUT2D eigenvalue weighted by Crippen LogP contribution is -2.42. The Hall–Kier alpha value is -0.570. The zero-order chi connectivity index (χ0) is 11.3. The van der Waals surface area contributed by atoms with Gasteiger partial charge < -0.3 is 10.1 Å². The van der Waals surface area contributed by atoms with Crippen LogP contribution in [-0.2, 0) is 9.53 Å². The van der Waals surface area contributed by atoms with Crippen LogP contribution in [0.2, 0.25) is 0 Å². The molecule has 0 aromatic carbocycles. The summed E-state index contributed by atoms with van der Waals surface area (Å²) in [6.45, 7) is 6.48. The van der Waals surface area contributed by atoms with Crippen molar-refractivity contribution in [3.8, 4) is 0 Å². The molecule has 0 radical (unpaired) electrons. The maximum atomic E-state index is 11.5. The summed E-state index contributed by atoms with van der Waals surface area (Å²) in [4.78, 5) is 11.5. The van der Waals surface area contributed by atoms with Gasteiger partial charge in [0.05, 0.1) is 6.61 Å². The first-order valence-electron chi connectivity index (χ1n) is 6.10. The average molecular weight is 213 g/mol. The van der Waals surface area contributed by atoms with Gasteiger partial charge in [0.15, 0.2) is 0 Å². The Morgan fingerprint density at radius 1 is 1.47 bits per heavy atom. The monoisotopic (exact) mass is 213 g/mol. The van der Waals surface area contributed by atoms with Crippen LogP contribution in [0.3, 0.4) is 0 Å². The van der Waals surface area contributed by atoms with Crippen molar-refractivity contribution in [2.75, 3.05) is 6.61 Å². The van der Waals surface area contributed by atoms with Gasteiger partial charge in [-0.25, -0.2) is 0 Å². The number of carbonyl (C=O) groups excluding carboxylic acids is 1. The van der Waals surface area contributed by atoms with Crippen molar-refractivity contribution >= 4 is 5.97 Å². The van der Waals surface area contributed by atoms with Crippen LogP contribution in [0.4, 0.5) is 0 Å². The van der Waals surface area contributed by atoms with E-state index in [1.807, 2.05) is 13.8 Å². The van der Waals surface area contributed by atoms with Crippen LogP contribution in [0, 0.1) is 5.92 Å². The first-order chi connectivity index (χ1) is 7.17. The van der Waals surface area contributed by atoms with Gasteiger partial charge in [-0.05, 0) is 32.6 Å². The number of hydrogen-bond acceptors (Lipinski definition) is 3. The summed E-state index contributed by atoms with van der Waals surface area (Å²) in [5.41, 5.74) is 0. The van der Waals surface area contributed by atoms with Gasteiger partial charge in [0.25, 0.3) is 0 Å². The number of esters is 1. The molecule has 1 fully saturated rings. The maximum Gasteiger partial charge on any atom is 0.323 e. The van der Waals surface area contributed by atoms with Crippen molar-refractivity contribution in [1.29, 1.82) is 0 Å². The van der Waals surface area contributed by atoms with E-state index in [2.05, 4.69) is 12.2 Å². The van der Waals surface area contributed by atoms with E-state index in [1.54, 1.807) is 0 Å². The first-order valence-corrected chi connectivity index (χ1v) is 6.10. The highest BCUT2D eigenvalue weighted by atomic mass is 16.5. The summed E-state index contributed by atoms with van der Waals surface area (Å²) in [6.07, 6.45) is 4.72. The molecule has 0 heterocycles. The lowest BCUT2D eigenvalue weighted by Gasteiger charge is -2.20. The number of nitrogens with one attached hydrogen (secondary N) is 1. The van der Waals surface area contributed by atoms with Crippen LogP contribution in [0.15, 0.2) is 0 Å². The standard InChI is InChI=1S/C12H23NO2/c1-4-11(12(14)15-5-2)13-9(3)8-10-6-7-10/h9-11,13H,4-8H2,1-3H3. The normalized spacial score (nSPS) is 19.7. The van der Waals surface area contributed by atoms with E-state index >= 15 is 0 Å². The fraction of sp³-hybridized carbons (Fsp3) is 0.917. The third-order valence-corrected chi connectivity index (χ3v) is 2.85. The second-order valence-electron chi connectivity index (χ2n) is 4.46. The first kappa shape index (κ1) is 12.5. The second-order valence-corrected chi connectivity index (χ2v) is 4.46. The minimum Gasteiger partial charge on any atom is -0.465 e. The zero-order valence-corrected chi connectivity index (χ0v) is 10.1. The average Bonchev–Trinajstić information content (AvgIpc) is 2.98. The summed E-state index contributed by atoms with van der Waals surface area (Å²) >= 11 is 0. The largest absolute Gasteiger partial charge is 0.465 e. The third-order valence-electron chi connectivity index (χ3n) is 2.85. The van der Waals surface area contributed by atoms with Crippen molar-refractivity contribution in [2.24, 2.45) is 5.92 Å². The van der Waals surface area contributed by atoms with Gasteiger partial charge in [-0.15, -0.1) is 0 Å². The Kier molecular flexibility index (Phi) is 5.09. The molecule has 0 bridgehead atoms. The summed E-state index contributed by atoms with van der Waals surface area (Å²) in [5, 5.41) is 3.35. The fourth-order valence-electron chi connectivity index (χ4n) is 1.86. The van der Waals surface area contributed by atoms with Gasteiger partial charge in [0.1, 0.15) is 6.04 Å². The van der Waals surface area contributed by atoms with E-state index in [1.165, 1.54) is 19.3 Å². The molecule has 0 saturated heterocycles. The van der Waals surface area contributed by atoms with Crippen LogP contribution in [0.25, 0.3) is 0 Å². The van der Waals surface area contributed by atoms with Gasteiger partial charge in [-0.2, -0.15) is 0 Å². The number of rotatable bonds is 7. The van der Waals surface area contributed by atoms with Gasteiger partial charge in [-0.3, -0.25) is 4.79 Å². The van der Waals surface area contributed by atoms with Crippen molar-refractivity contribution < 1.29 is 9.53 Å². The molecule has 1 saturated carbocycles. The Bertz CT molecular complexity index is 202. The predicted octanol–water partition coefficient (Wildman–Crippen LogP) is 2.11. The number of hydrogen-bond donors (Lipinski definition) is 1. The molecule has 0 aromatic rings. The molecule has 1 aliphatic carbocycles. The van der Waals surface area contributed by atoms with E-state index in [0.29, 0.717) is 12.6 Å². The van der Waals surface area contributed by atoms with Crippen molar-refractivity contribution in [3.05, 3.63) is 0 Å². The lowest BCUT2D eigenvalue weighted by molar-refractivity contribution is -0.146. The van der Waals surface area contributed by atoms with Crippen LogP contribution in [0.1, 0.15) is 46.5 Å². The number of carbonyl (C=O) groups is 1. The Balaban J connectivity index is 2.26. The molecular formula is C12H23NO2. The van der Waals surface area contributed by atoms with E-state index < -0.39 is 0 Å². The molecule has 0 spiro atoms. The highest BCUT2D eigenvalue weighted by Gasteiger charge is 2.26. The van der Waals surface area contributed by atoms with Crippen molar-refractivity contribution in [3.63, 3.8) is 0 Å². The highest BCUT2D eigenvalue weighted by molar-refractivity contribution is 5.75. The Morgan fingerprint density at radius 2 is 2.13 bits per heavy atom. The highest BCUT2D eigenvalue weighted by Crippen LogP contribution is 2.33. The molecule has 15 heavy (non-hydrogen) atoms. The quantitative estimate of drug-likeness (QED) is 0.658. The number of ether oxygens (including phenoxy) is 1. The molecule has 88 valence electrons. The topological polar surface area (TPSA) is 38.3 Å². The van der Waals surface area contributed by atoms with Crippen molar-refractivity contribution in [1.82, 2.24) is 5.32 Å². The molecule has 2 atom stereocenters. The Morgan fingerprint density at radius 3 is 2.60 bits per heavy atom. The molecule has 1 rings (SSSR count). The third kappa shape index (κ3) is 4.65. The fourth-order valence-corrected chi connectivity index (χ4v) is 1.86. The molecule has 0 amide bonds. The van der Waals surface area contributed by atoms with E-state index in [0.717, 1.165) is 12.3 Å².